The number of phenols is 2. The number of aryl methyl sites for hydroxylation is 2. The number of rotatable bonds is 8. The number of nitrogens with zero attached hydrogens (tertiary/aromatic N) is 2. The van der Waals surface area contributed by atoms with Gasteiger partial charge < -0.3 is 24.6 Å². The third kappa shape index (κ3) is 4.42. The number of benzene rings is 3. The fraction of sp³-hybridized carbons (Fsp3) is 0.267. The van der Waals surface area contributed by atoms with E-state index in [0.29, 0.717) is 47.8 Å². The number of phenolic OH excluding ortho intramolecular Hbond substituents is 2. The number of aromatic nitrogens is 2. The Hall–Kier alpha value is -4.46. The Balaban J connectivity index is 1.61. The highest BCUT2D eigenvalue weighted by Gasteiger charge is 2.42. The maximum absolute atomic E-state index is 13.7. The molecule has 4 aromatic rings. The monoisotopic (exact) mass is 513 g/mol. The largest absolute Gasteiger partial charge is 0.507 e. The summed E-state index contributed by atoms with van der Waals surface area (Å²) < 4.78 is 10.9. The predicted molar refractivity (Wildman–Crippen MR) is 144 cm³/mol. The maximum Gasteiger partial charge on any atom is 0.273 e. The van der Waals surface area contributed by atoms with Crippen LogP contribution in [-0.2, 0) is 6.42 Å². The van der Waals surface area contributed by atoms with Crippen LogP contribution in [0.2, 0.25) is 0 Å². The first kappa shape index (κ1) is 25.2. The Morgan fingerprint density at radius 3 is 2.53 bits per heavy atom. The molecule has 3 N–H and O–H groups in total. The molecule has 196 valence electrons. The van der Waals surface area contributed by atoms with Crippen molar-refractivity contribution in [3.05, 3.63) is 88.1 Å². The number of aromatic hydroxyl groups is 2. The minimum atomic E-state index is -0.496. The molecule has 1 aromatic heterocycles. The van der Waals surface area contributed by atoms with Gasteiger partial charge in [0.1, 0.15) is 22.9 Å². The van der Waals surface area contributed by atoms with E-state index in [4.69, 9.17) is 9.47 Å². The highest BCUT2D eigenvalue weighted by atomic mass is 16.5. The van der Waals surface area contributed by atoms with Gasteiger partial charge in [-0.3, -0.25) is 9.89 Å². The van der Waals surface area contributed by atoms with Crippen molar-refractivity contribution in [1.82, 2.24) is 15.1 Å². The van der Waals surface area contributed by atoms with Gasteiger partial charge in [-0.2, -0.15) is 5.10 Å². The number of amides is 1. The van der Waals surface area contributed by atoms with Crippen molar-refractivity contribution in [2.45, 2.75) is 33.2 Å². The standard InChI is InChI=1S/C30H31N3O5/c1-5-38-24-16-20(8-11-23(24)34)28-25-26(22-15-17(2)14-18(3)29(22)35)31-32-27(25)30(36)33(28)13-12-19-6-9-21(37-4)10-7-19/h6-11,14-16,28,34-35H,5,12-13H2,1-4H3,(H,31,32). The van der Waals surface area contributed by atoms with Gasteiger partial charge in [0.15, 0.2) is 11.5 Å². The molecule has 8 nitrogen and oxygen atoms in total. The number of H-pyrrole nitrogens is 1. The number of fused-ring (bicyclic) bond motifs is 1. The van der Waals surface area contributed by atoms with Gasteiger partial charge in [-0.25, -0.2) is 0 Å². The van der Waals surface area contributed by atoms with E-state index in [1.165, 1.54) is 0 Å². The number of ether oxygens (including phenoxy) is 2. The molecule has 0 saturated heterocycles. The van der Waals surface area contributed by atoms with Gasteiger partial charge in [-0.05, 0) is 79.8 Å². The molecule has 5 rings (SSSR count). The quantitative estimate of drug-likeness (QED) is 0.295. The van der Waals surface area contributed by atoms with Gasteiger partial charge in [-0.15, -0.1) is 0 Å². The highest BCUT2D eigenvalue weighted by molar-refractivity contribution is 6.00. The van der Waals surface area contributed by atoms with Crippen LogP contribution in [0.25, 0.3) is 11.3 Å². The lowest BCUT2D eigenvalue weighted by Crippen LogP contribution is -2.31. The zero-order valence-electron chi connectivity index (χ0n) is 21.9. The molecule has 38 heavy (non-hydrogen) atoms. The fourth-order valence-corrected chi connectivity index (χ4v) is 5.13. The summed E-state index contributed by atoms with van der Waals surface area (Å²) in [5, 5.41) is 28.7. The Morgan fingerprint density at radius 1 is 1.05 bits per heavy atom. The Bertz CT molecular complexity index is 1490. The summed E-state index contributed by atoms with van der Waals surface area (Å²) in [7, 11) is 1.63. The summed E-state index contributed by atoms with van der Waals surface area (Å²) in [5.41, 5.74) is 5.74. The molecule has 0 spiro atoms. The van der Waals surface area contributed by atoms with E-state index in [1.54, 1.807) is 30.2 Å². The molecule has 1 aliphatic rings. The van der Waals surface area contributed by atoms with Crippen LogP contribution in [0.4, 0.5) is 0 Å². The maximum atomic E-state index is 13.7. The highest BCUT2D eigenvalue weighted by Crippen LogP contribution is 2.46. The number of nitrogens with one attached hydrogen (secondary N) is 1. The van der Waals surface area contributed by atoms with Crippen LogP contribution in [-0.4, -0.2) is 51.5 Å². The summed E-state index contributed by atoms with van der Waals surface area (Å²) >= 11 is 0. The van der Waals surface area contributed by atoms with Crippen LogP contribution >= 0.6 is 0 Å². The third-order valence-corrected chi connectivity index (χ3v) is 6.96. The van der Waals surface area contributed by atoms with Crippen molar-refractivity contribution in [1.29, 1.82) is 0 Å². The Kier molecular flexibility index (Phi) is 6.72. The van der Waals surface area contributed by atoms with Crippen LogP contribution in [0.3, 0.4) is 0 Å². The van der Waals surface area contributed by atoms with Crippen molar-refractivity contribution < 1.29 is 24.5 Å². The molecule has 0 bridgehead atoms. The number of carbonyl (C=O) groups is 1. The van der Waals surface area contributed by atoms with Gasteiger partial charge in [0.2, 0.25) is 0 Å². The Morgan fingerprint density at radius 2 is 1.82 bits per heavy atom. The second kappa shape index (κ2) is 10.1. The lowest BCUT2D eigenvalue weighted by Gasteiger charge is -2.27. The van der Waals surface area contributed by atoms with Crippen molar-refractivity contribution >= 4 is 5.91 Å². The van der Waals surface area contributed by atoms with Gasteiger partial charge in [0.25, 0.3) is 5.91 Å². The molecule has 1 unspecified atom stereocenters. The first-order valence-corrected chi connectivity index (χ1v) is 12.6. The van der Waals surface area contributed by atoms with E-state index in [0.717, 1.165) is 28.0 Å². The fourth-order valence-electron chi connectivity index (χ4n) is 5.13. The molecular weight excluding hydrogens is 482 g/mol. The van der Waals surface area contributed by atoms with Gasteiger partial charge in [-0.1, -0.05) is 24.3 Å². The predicted octanol–water partition coefficient (Wildman–Crippen LogP) is 5.30. The normalized spacial score (nSPS) is 14.6. The van der Waals surface area contributed by atoms with Crippen LogP contribution in [0.5, 0.6) is 23.0 Å². The minimum Gasteiger partial charge on any atom is -0.507 e. The van der Waals surface area contributed by atoms with Gasteiger partial charge in [0.05, 0.1) is 19.8 Å². The first-order valence-electron chi connectivity index (χ1n) is 12.6. The zero-order chi connectivity index (χ0) is 27.0. The second-order valence-electron chi connectivity index (χ2n) is 9.50. The molecule has 2 heterocycles. The summed E-state index contributed by atoms with van der Waals surface area (Å²) in [6, 6.07) is 16.2. The van der Waals surface area contributed by atoms with Crippen molar-refractivity contribution in [3.8, 4) is 34.3 Å². The molecule has 0 radical (unpaired) electrons. The number of methoxy groups -OCH3 is 1. The topological polar surface area (TPSA) is 108 Å². The third-order valence-electron chi connectivity index (χ3n) is 6.96. The molecule has 0 saturated carbocycles. The molecule has 8 heteroatoms. The number of hydrogen-bond acceptors (Lipinski definition) is 6. The average molecular weight is 514 g/mol. The van der Waals surface area contributed by atoms with Crippen LogP contribution < -0.4 is 9.47 Å². The van der Waals surface area contributed by atoms with E-state index >= 15 is 0 Å². The molecule has 3 aromatic carbocycles. The molecule has 1 atom stereocenters. The van der Waals surface area contributed by atoms with E-state index in [1.807, 2.05) is 57.2 Å². The zero-order valence-corrected chi connectivity index (χ0v) is 21.9. The summed E-state index contributed by atoms with van der Waals surface area (Å²) in [6.07, 6.45) is 0.629. The van der Waals surface area contributed by atoms with Crippen molar-refractivity contribution in [3.63, 3.8) is 0 Å². The van der Waals surface area contributed by atoms with E-state index in [-0.39, 0.29) is 17.4 Å². The van der Waals surface area contributed by atoms with Crippen LogP contribution in [0, 0.1) is 13.8 Å². The van der Waals surface area contributed by atoms with Gasteiger partial charge >= 0.3 is 0 Å². The smallest absolute Gasteiger partial charge is 0.273 e. The lowest BCUT2D eigenvalue weighted by atomic mass is 9.93. The van der Waals surface area contributed by atoms with E-state index in [9.17, 15) is 15.0 Å². The Labute approximate surface area is 221 Å². The van der Waals surface area contributed by atoms with Crippen molar-refractivity contribution in [2.75, 3.05) is 20.3 Å². The second-order valence-corrected chi connectivity index (χ2v) is 9.50. The SMILES string of the molecule is CCOc1cc(C2c3c(-c4cc(C)cc(C)c4O)n[nH]c3C(=O)N2CCc2ccc(OC)cc2)ccc1O. The first-order chi connectivity index (χ1) is 18.3. The van der Waals surface area contributed by atoms with Crippen molar-refractivity contribution in [2.24, 2.45) is 0 Å². The number of aromatic amines is 1. The summed E-state index contributed by atoms with van der Waals surface area (Å²) in [6.45, 7) is 6.49. The minimum absolute atomic E-state index is 0.0318. The molecule has 1 amide bonds. The summed E-state index contributed by atoms with van der Waals surface area (Å²) in [5.74, 6) is 1.11. The molecule has 0 aliphatic carbocycles. The number of hydrogen-bond donors (Lipinski definition) is 3. The van der Waals surface area contributed by atoms with E-state index < -0.39 is 6.04 Å². The average Bonchev–Trinajstić information content (AvgIpc) is 3.45. The van der Waals surface area contributed by atoms with Crippen LogP contribution in [0.15, 0.2) is 54.6 Å². The molecule has 1 aliphatic heterocycles. The molecule has 0 fully saturated rings. The van der Waals surface area contributed by atoms with Gasteiger partial charge in [0, 0.05) is 17.7 Å². The summed E-state index contributed by atoms with van der Waals surface area (Å²) in [4.78, 5) is 15.5. The molecular formula is C30H31N3O5. The number of carbonyl (C=O) groups excluding carboxylic acids is 1. The lowest BCUT2D eigenvalue weighted by molar-refractivity contribution is 0.0745. The van der Waals surface area contributed by atoms with Crippen LogP contribution in [0.1, 0.15) is 51.3 Å². The van der Waals surface area contributed by atoms with E-state index in [2.05, 4.69) is 10.2 Å².